The Labute approximate surface area is 290 Å². The van der Waals surface area contributed by atoms with E-state index in [0.717, 1.165) is 33.9 Å². The van der Waals surface area contributed by atoms with E-state index in [1.807, 2.05) is 28.7 Å². The summed E-state index contributed by atoms with van der Waals surface area (Å²) in [5.41, 5.74) is 9.10. The molecule has 3 nitrogen and oxygen atoms in total. The molecular weight excluding hydrogens is 635 g/mol. The molecule has 9 aromatic rings. The summed E-state index contributed by atoms with van der Waals surface area (Å²) < 4.78 is 7.94. The maximum Gasteiger partial charge on any atom is 0.0874 e. The summed E-state index contributed by atoms with van der Waals surface area (Å²) in [6.45, 7) is 0. The summed E-state index contributed by atoms with van der Waals surface area (Å²) in [6.07, 6.45) is 8.65. The second kappa shape index (κ2) is 10.4. The van der Waals surface area contributed by atoms with E-state index in [-0.39, 0.29) is 6.04 Å². The largest absolute Gasteiger partial charge is 0.373 e. The molecule has 2 aliphatic rings. The molecule has 11 rings (SSSR count). The minimum absolute atomic E-state index is 0.0486. The van der Waals surface area contributed by atoms with Crippen molar-refractivity contribution in [1.82, 2.24) is 9.88 Å². The van der Waals surface area contributed by atoms with Gasteiger partial charge >= 0.3 is 0 Å². The van der Waals surface area contributed by atoms with Crippen LogP contribution in [0.25, 0.3) is 73.5 Å². The van der Waals surface area contributed by atoms with Gasteiger partial charge in [-0.15, -0.1) is 22.7 Å². The number of aliphatic imine (C=N–C) groups is 1. The average molecular weight is 662 g/mol. The number of rotatable bonds is 3. The Balaban J connectivity index is 1.11. The topological polar surface area (TPSA) is 29.3 Å². The first-order valence-corrected chi connectivity index (χ1v) is 18.2. The molecule has 1 unspecified atom stereocenters. The van der Waals surface area contributed by atoms with Crippen LogP contribution >= 0.6 is 22.7 Å². The van der Waals surface area contributed by atoms with Gasteiger partial charge in [0.2, 0.25) is 0 Å². The number of aromatic nitrogens is 1. The number of nitrogens with one attached hydrogen (secondary N) is 1. The molecule has 1 N–H and O–H groups in total. The minimum atomic E-state index is 0.0486. The van der Waals surface area contributed by atoms with Gasteiger partial charge in [-0.05, 0) is 54.1 Å². The number of thiophene rings is 2. The van der Waals surface area contributed by atoms with Crippen molar-refractivity contribution in [2.75, 3.05) is 0 Å². The Morgan fingerprint density at radius 1 is 0.571 bits per heavy atom. The Morgan fingerprint density at radius 2 is 1.22 bits per heavy atom. The smallest absolute Gasteiger partial charge is 0.0874 e. The van der Waals surface area contributed by atoms with E-state index in [2.05, 4.69) is 156 Å². The average Bonchev–Trinajstić information content (AvgIpc) is 3.85. The third-order valence-electron chi connectivity index (χ3n) is 10.0. The van der Waals surface area contributed by atoms with E-state index in [1.54, 1.807) is 0 Å². The van der Waals surface area contributed by atoms with Crippen molar-refractivity contribution in [3.8, 4) is 5.69 Å². The molecule has 230 valence electrons. The molecule has 49 heavy (non-hydrogen) atoms. The number of hydrogen-bond acceptors (Lipinski definition) is 4. The van der Waals surface area contributed by atoms with Gasteiger partial charge in [-0.3, -0.25) is 4.99 Å². The minimum Gasteiger partial charge on any atom is -0.373 e. The van der Waals surface area contributed by atoms with Gasteiger partial charge in [0.05, 0.1) is 37.9 Å². The lowest BCUT2D eigenvalue weighted by Gasteiger charge is -2.26. The molecule has 0 spiro atoms. The van der Waals surface area contributed by atoms with Crippen LogP contribution in [-0.4, -0.2) is 16.3 Å². The number of benzene rings is 6. The van der Waals surface area contributed by atoms with E-state index in [1.165, 1.54) is 62.2 Å². The van der Waals surface area contributed by atoms with Crippen LogP contribution in [0.4, 0.5) is 0 Å². The lowest BCUT2D eigenvalue weighted by atomic mass is 9.99. The van der Waals surface area contributed by atoms with Crippen LogP contribution in [0.3, 0.4) is 0 Å². The zero-order valence-corrected chi connectivity index (χ0v) is 27.9. The van der Waals surface area contributed by atoms with Crippen molar-refractivity contribution in [3.05, 3.63) is 169 Å². The van der Waals surface area contributed by atoms with Crippen molar-refractivity contribution >= 4 is 96.2 Å². The van der Waals surface area contributed by atoms with Crippen LogP contribution < -0.4 is 5.32 Å². The van der Waals surface area contributed by atoms with Crippen molar-refractivity contribution in [2.24, 2.45) is 4.99 Å². The fourth-order valence-corrected chi connectivity index (χ4v) is 10.4. The quantitative estimate of drug-likeness (QED) is 0.201. The maximum absolute atomic E-state index is 4.97. The molecule has 6 aromatic carbocycles. The molecule has 1 atom stereocenters. The van der Waals surface area contributed by atoms with Crippen LogP contribution in [0, 0.1) is 0 Å². The summed E-state index contributed by atoms with van der Waals surface area (Å²) in [4.78, 5) is 4.97. The molecule has 0 radical (unpaired) electrons. The highest BCUT2D eigenvalue weighted by molar-refractivity contribution is 7.33. The van der Waals surface area contributed by atoms with Gasteiger partial charge in [-0.2, -0.15) is 0 Å². The molecule has 5 heteroatoms. The fourth-order valence-electron chi connectivity index (χ4n) is 7.81. The third kappa shape index (κ3) is 3.97. The summed E-state index contributed by atoms with van der Waals surface area (Å²) in [5.74, 6) is 0. The van der Waals surface area contributed by atoms with Gasteiger partial charge in [0.25, 0.3) is 0 Å². The SMILES string of the molecule is C1=CC2NC(c3ccc(-n4c5ccccc5c5c6c7ccccc7sc6c6sc7ccccc7c6c54)cc3)=CC=C2N=C1c1ccccc1. The normalized spacial score (nSPS) is 16.0. The molecule has 0 aliphatic carbocycles. The van der Waals surface area contributed by atoms with Crippen molar-refractivity contribution in [3.63, 3.8) is 0 Å². The van der Waals surface area contributed by atoms with Gasteiger partial charge < -0.3 is 9.88 Å². The zero-order valence-electron chi connectivity index (χ0n) is 26.2. The first-order chi connectivity index (χ1) is 24.3. The third-order valence-corrected chi connectivity index (χ3v) is 12.5. The van der Waals surface area contributed by atoms with Crippen molar-refractivity contribution in [2.45, 2.75) is 6.04 Å². The molecule has 5 heterocycles. The summed E-state index contributed by atoms with van der Waals surface area (Å²) in [6, 6.07) is 46.2. The monoisotopic (exact) mass is 661 g/mol. The summed E-state index contributed by atoms with van der Waals surface area (Å²) >= 11 is 3.86. The lowest BCUT2D eigenvalue weighted by Crippen LogP contribution is -2.31. The van der Waals surface area contributed by atoms with E-state index >= 15 is 0 Å². The van der Waals surface area contributed by atoms with Crippen molar-refractivity contribution in [1.29, 1.82) is 0 Å². The van der Waals surface area contributed by atoms with Crippen molar-refractivity contribution < 1.29 is 0 Å². The van der Waals surface area contributed by atoms with Gasteiger partial charge in [-0.25, -0.2) is 0 Å². The van der Waals surface area contributed by atoms with Gasteiger partial charge in [0.1, 0.15) is 0 Å². The molecule has 0 fully saturated rings. The number of nitrogens with zero attached hydrogens (tertiary/aromatic N) is 2. The van der Waals surface area contributed by atoms with Crippen LogP contribution in [-0.2, 0) is 0 Å². The molecule has 0 saturated carbocycles. The highest BCUT2D eigenvalue weighted by Gasteiger charge is 2.25. The Morgan fingerprint density at radius 3 is 2.00 bits per heavy atom. The predicted molar refractivity (Wildman–Crippen MR) is 212 cm³/mol. The number of fused-ring (bicyclic) bond motifs is 13. The van der Waals surface area contributed by atoms with E-state index in [0.29, 0.717) is 0 Å². The molecule has 3 aromatic heterocycles. The highest BCUT2D eigenvalue weighted by atomic mass is 32.1. The fraction of sp³-hybridized carbons (Fsp3) is 0.0227. The predicted octanol–water partition coefficient (Wildman–Crippen LogP) is 11.8. The first kappa shape index (κ1) is 27.2. The van der Waals surface area contributed by atoms with Crippen LogP contribution in [0.1, 0.15) is 11.1 Å². The lowest BCUT2D eigenvalue weighted by molar-refractivity contribution is 0.785. The van der Waals surface area contributed by atoms with E-state index in [4.69, 9.17) is 4.99 Å². The molecule has 0 amide bonds. The molecule has 2 aliphatic heterocycles. The number of dihydropyridines is 2. The Bertz CT molecular complexity index is 2950. The van der Waals surface area contributed by atoms with Gasteiger partial charge in [-0.1, -0.05) is 103 Å². The number of para-hydroxylation sites is 1. The van der Waals surface area contributed by atoms with Crippen LogP contribution in [0.5, 0.6) is 0 Å². The summed E-state index contributed by atoms with van der Waals surface area (Å²) in [5, 5.41) is 11.8. The Kier molecular flexibility index (Phi) is 5.76. The van der Waals surface area contributed by atoms with Crippen LogP contribution in [0.2, 0.25) is 0 Å². The maximum atomic E-state index is 4.97. The second-order valence-corrected chi connectivity index (χ2v) is 14.8. The highest BCUT2D eigenvalue weighted by Crippen LogP contribution is 2.52. The van der Waals surface area contributed by atoms with Crippen LogP contribution in [0.15, 0.2) is 162 Å². The van der Waals surface area contributed by atoms with E-state index < -0.39 is 0 Å². The first-order valence-electron chi connectivity index (χ1n) is 16.6. The Hall–Kier alpha value is -5.75. The number of allylic oxidation sites excluding steroid dienone is 3. The molecule has 0 saturated heterocycles. The zero-order chi connectivity index (χ0) is 32.1. The van der Waals surface area contributed by atoms with E-state index in [9.17, 15) is 0 Å². The van der Waals surface area contributed by atoms with Gasteiger partial charge in [0.15, 0.2) is 0 Å². The number of hydrogen-bond donors (Lipinski definition) is 1. The molecule has 0 bridgehead atoms. The molecular formula is C44H27N3S2. The summed E-state index contributed by atoms with van der Waals surface area (Å²) in [7, 11) is 0. The standard InChI is InChI=1S/C44H27N3S2/c1-2-10-26(11-3-1)32-22-24-35-34(45-32)25-23-33(46-35)27-18-20-28(21-19-27)47-36-15-7-4-12-29(36)39-40-30-13-5-8-16-37(30)48-43(40)44-41(42(39)47)31-14-6-9-17-38(31)49-44/h1-25,35,46H. The van der Waals surface area contributed by atoms with Gasteiger partial charge in [0, 0.05) is 58.7 Å². The second-order valence-electron chi connectivity index (χ2n) is 12.7.